The summed E-state index contributed by atoms with van der Waals surface area (Å²) >= 11 is 0. The van der Waals surface area contributed by atoms with Crippen molar-refractivity contribution in [2.75, 3.05) is 24.3 Å². The smallest absolute Gasteiger partial charge is 0.361 e. The molecule has 3 N–H and O–H groups in total. The number of carbonyl (C=O) groups excluding carboxylic acids is 2. The zero-order chi connectivity index (χ0) is 17.8. The van der Waals surface area contributed by atoms with Gasteiger partial charge in [-0.3, -0.25) is 4.79 Å². The Morgan fingerprint density at radius 2 is 1.92 bits per heavy atom. The van der Waals surface area contributed by atoms with Crippen LogP contribution in [0, 0.1) is 0 Å². The van der Waals surface area contributed by atoms with Gasteiger partial charge in [-0.2, -0.15) is 0 Å². The van der Waals surface area contributed by atoms with E-state index in [1.807, 2.05) is 0 Å². The summed E-state index contributed by atoms with van der Waals surface area (Å²) in [6, 6.07) is 5.00. The van der Waals surface area contributed by atoms with E-state index < -0.39 is 18.0 Å². The molecule has 1 amide bonds. The summed E-state index contributed by atoms with van der Waals surface area (Å²) in [6.07, 6.45) is 1.61. The molecular weight excluding hydrogens is 328 g/mol. The van der Waals surface area contributed by atoms with E-state index in [4.69, 9.17) is 19.9 Å². The van der Waals surface area contributed by atoms with Gasteiger partial charge in [-0.1, -0.05) is 0 Å². The van der Waals surface area contributed by atoms with Crippen LogP contribution in [0.1, 0.15) is 17.4 Å². The van der Waals surface area contributed by atoms with Crippen LogP contribution in [-0.4, -0.2) is 41.2 Å². The molecule has 1 atom stereocenters. The van der Waals surface area contributed by atoms with E-state index in [9.17, 15) is 9.59 Å². The number of hydrogen-bond donors (Lipinski definition) is 2. The fraction of sp³-hybridized carbons (Fsp3) is 0.250. The van der Waals surface area contributed by atoms with Crippen LogP contribution in [-0.2, 0) is 9.53 Å². The maximum atomic E-state index is 12.2. The van der Waals surface area contributed by atoms with Crippen molar-refractivity contribution in [1.29, 1.82) is 0 Å². The first-order valence-corrected chi connectivity index (χ1v) is 7.52. The largest absolute Gasteiger partial charge is 0.486 e. The van der Waals surface area contributed by atoms with Crippen molar-refractivity contribution in [3.05, 3.63) is 36.3 Å². The molecule has 0 bridgehead atoms. The highest BCUT2D eigenvalue weighted by atomic mass is 16.6. The number of esters is 1. The second-order valence-corrected chi connectivity index (χ2v) is 5.19. The predicted octanol–water partition coefficient (Wildman–Crippen LogP) is 1.01. The highest BCUT2D eigenvalue weighted by Crippen LogP contribution is 2.32. The molecule has 0 saturated carbocycles. The zero-order valence-electron chi connectivity index (χ0n) is 13.4. The van der Waals surface area contributed by atoms with Crippen molar-refractivity contribution in [3.63, 3.8) is 0 Å². The molecule has 1 aliphatic rings. The van der Waals surface area contributed by atoms with Crippen LogP contribution < -0.4 is 20.5 Å². The Bertz CT molecular complexity index is 811. The number of carbonyl (C=O) groups is 2. The third kappa shape index (κ3) is 3.77. The summed E-state index contributed by atoms with van der Waals surface area (Å²) in [7, 11) is 0. The molecule has 1 unspecified atom stereocenters. The lowest BCUT2D eigenvalue weighted by atomic mass is 10.2. The van der Waals surface area contributed by atoms with E-state index in [0.717, 1.165) is 0 Å². The van der Waals surface area contributed by atoms with E-state index >= 15 is 0 Å². The summed E-state index contributed by atoms with van der Waals surface area (Å²) in [5.41, 5.74) is 5.92. The summed E-state index contributed by atoms with van der Waals surface area (Å²) in [5.74, 6) is -0.238. The zero-order valence-corrected chi connectivity index (χ0v) is 13.4. The van der Waals surface area contributed by atoms with Gasteiger partial charge in [-0.15, -0.1) is 0 Å². The van der Waals surface area contributed by atoms with Gasteiger partial charge in [0.1, 0.15) is 13.2 Å². The summed E-state index contributed by atoms with van der Waals surface area (Å²) in [6.45, 7) is 2.37. The molecule has 1 aliphatic heterocycles. The number of anilines is 2. The standard InChI is InChI=1S/C16H16N4O5/c1-9(25-16(22)13-14(17)19-5-4-18-13)15(21)20-10-2-3-11-12(8-10)24-7-6-23-11/h2-5,8-9H,6-7H2,1H3,(H2,17,19)(H,20,21). The van der Waals surface area contributed by atoms with Crippen LogP contribution in [0.4, 0.5) is 11.5 Å². The number of rotatable bonds is 4. The van der Waals surface area contributed by atoms with Crippen molar-refractivity contribution < 1.29 is 23.8 Å². The lowest BCUT2D eigenvalue weighted by molar-refractivity contribution is -0.123. The molecule has 0 radical (unpaired) electrons. The third-order valence-corrected chi connectivity index (χ3v) is 3.38. The molecule has 9 nitrogen and oxygen atoms in total. The average Bonchev–Trinajstić information content (AvgIpc) is 2.61. The molecule has 130 valence electrons. The normalized spacial score (nSPS) is 13.6. The van der Waals surface area contributed by atoms with E-state index in [2.05, 4.69) is 15.3 Å². The Hall–Kier alpha value is -3.36. The fourth-order valence-electron chi connectivity index (χ4n) is 2.14. The third-order valence-electron chi connectivity index (χ3n) is 3.38. The first kappa shape index (κ1) is 16.5. The van der Waals surface area contributed by atoms with Crippen LogP contribution in [0.3, 0.4) is 0 Å². The molecule has 2 aromatic rings. The minimum atomic E-state index is -1.05. The maximum absolute atomic E-state index is 12.2. The van der Waals surface area contributed by atoms with Gasteiger partial charge in [0.15, 0.2) is 29.1 Å². The Morgan fingerprint density at radius 1 is 1.20 bits per heavy atom. The number of nitrogens with one attached hydrogen (secondary N) is 1. The van der Waals surface area contributed by atoms with E-state index in [-0.39, 0.29) is 11.5 Å². The van der Waals surface area contributed by atoms with Crippen LogP contribution >= 0.6 is 0 Å². The topological polar surface area (TPSA) is 126 Å². The maximum Gasteiger partial charge on any atom is 0.361 e. The highest BCUT2D eigenvalue weighted by Gasteiger charge is 2.22. The SMILES string of the molecule is CC(OC(=O)c1nccnc1N)C(=O)Nc1ccc2c(c1)OCCO2. The highest BCUT2D eigenvalue weighted by molar-refractivity contribution is 5.98. The monoisotopic (exact) mass is 344 g/mol. The molecule has 1 aromatic carbocycles. The van der Waals surface area contributed by atoms with Gasteiger partial charge in [-0.25, -0.2) is 14.8 Å². The van der Waals surface area contributed by atoms with E-state index in [1.54, 1.807) is 18.2 Å². The van der Waals surface area contributed by atoms with E-state index in [1.165, 1.54) is 19.3 Å². The van der Waals surface area contributed by atoms with Crippen molar-refractivity contribution >= 4 is 23.4 Å². The number of nitrogens with zero attached hydrogens (tertiary/aromatic N) is 2. The van der Waals surface area contributed by atoms with Gasteiger partial charge < -0.3 is 25.3 Å². The summed E-state index contributed by atoms with van der Waals surface area (Å²) in [5, 5.41) is 2.64. The number of amides is 1. The number of ether oxygens (including phenoxy) is 3. The van der Waals surface area contributed by atoms with Crippen molar-refractivity contribution in [2.45, 2.75) is 13.0 Å². The molecule has 0 aliphatic carbocycles. The van der Waals surface area contributed by atoms with E-state index in [0.29, 0.717) is 30.4 Å². The molecule has 0 spiro atoms. The number of nitrogen functional groups attached to an aromatic ring is 1. The van der Waals surface area contributed by atoms with Crippen molar-refractivity contribution in [3.8, 4) is 11.5 Å². The van der Waals surface area contributed by atoms with Gasteiger partial charge in [0.25, 0.3) is 5.91 Å². The average molecular weight is 344 g/mol. The van der Waals surface area contributed by atoms with Crippen LogP contribution in [0.5, 0.6) is 11.5 Å². The first-order valence-electron chi connectivity index (χ1n) is 7.52. The Morgan fingerprint density at radius 3 is 2.68 bits per heavy atom. The van der Waals surface area contributed by atoms with Gasteiger partial charge in [0.05, 0.1) is 0 Å². The molecular formula is C16H16N4O5. The van der Waals surface area contributed by atoms with Gasteiger partial charge >= 0.3 is 5.97 Å². The Balaban J connectivity index is 1.63. The van der Waals surface area contributed by atoms with Crippen LogP contribution in [0.25, 0.3) is 0 Å². The lowest BCUT2D eigenvalue weighted by Gasteiger charge is -2.19. The van der Waals surface area contributed by atoms with Gasteiger partial charge in [-0.05, 0) is 19.1 Å². The number of benzene rings is 1. The quantitative estimate of drug-likeness (QED) is 0.787. The Kier molecular flexibility index (Phi) is 4.64. The second kappa shape index (κ2) is 7.04. The number of hydrogen-bond acceptors (Lipinski definition) is 8. The Labute approximate surface area is 143 Å². The minimum absolute atomic E-state index is 0.0630. The number of nitrogens with two attached hydrogens (primary N) is 1. The van der Waals surface area contributed by atoms with Crippen LogP contribution in [0.15, 0.2) is 30.6 Å². The predicted molar refractivity (Wildman–Crippen MR) is 87.4 cm³/mol. The molecule has 0 saturated heterocycles. The first-order chi connectivity index (χ1) is 12.0. The fourth-order valence-corrected chi connectivity index (χ4v) is 2.14. The van der Waals surface area contributed by atoms with Gasteiger partial charge in [0, 0.05) is 24.1 Å². The van der Waals surface area contributed by atoms with Crippen molar-refractivity contribution in [2.24, 2.45) is 0 Å². The number of fused-ring (bicyclic) bond motifs is 1. The molecule has 2 heterocycles. The second-order valence-electron chi connectivity index (χ2n) is 5.19. The lowest BCUT2D eigenvalue weighted by Crippen LogP contribution is -2.30. The molecule has 1 aromatic heterocycles. The minimum Gasteiger partial charge on any atom is -0.486 e. The van der Waals surface area contributed by atoms with Crippen LogP contribution in [0.2, 0.25) is 0 Å². The number of aromatic nitrogens is 2. The van der Waals surface area contributed by atoms with Crippen molar-refractivity contribution in [1.82, 2.24) is 9.97 Å². The molecule has 3 rings (SSSR count). The van der Waals surface area contributed by atoms with Gasteiger partial charge in [0.2, 0.25) is 0 Å². The molecule has 9 heteroatoms. The molecule has 0 fully saturated rings. The molecule has 25 heavy (non-hydrogen) atoms. The summed E-state index contributed by atoms with van der Waals surface area (Å²) in [4.78, 5) is 31.8. The summed E-state index contributed by atoms with van der Waals surface area (Å²) < 4.78 is 15.9.